The first-order chi connectivity index (χ1) is 8.27. The smallest absolute Gasteiger partial charge is 0.251 e. The lowest BCUT2D eigenvalue weighted by molar-refractivity contribution is -0.139. The number of rotatable bonds is 4. The van der Waals surface area contributed by atoms with E-state index in [-0.39, 0.29) is 12.0 Å². The minimum absolute atomic E-state index is 0.165. The average molecular weight is 240 g/mol. The Morgan fingerprint density at radius 2 is 2.06 bits per heavy atom. The van der Waals surface area contributed by atoms with E-state index < -0.39 is 0 Å². The van der Waals surface area contributed by atoms with Gasteiger partial charge in [0.15, 0.2) is 0 Å². The molecule has 2 rings (SSSR count). The van der Waals surface area contributed by atoms with Gasteiger partial charge in [-0.25, -0.2) is 0 Å². The minimum atomic E-state index is -0.165. The van der Waals surface area contributed by atoms with Crippen molar-refractivity contribution in [2.24, 2.45) is 0 Å². The molecule has 2 saturated heterocycles. The van der Waals surface area contributed by atoms with Crippen LogP contribution in [0.15, 0.2) is 0 Å². The van der Waals surface area contributed by atoms with Crippen molar-refractivity contribution in [1.29, 1.82) is 0 Å². The standard InChI is InChI=1S/C13H24N2O2/c1-14(13(16)12-6-5-11-17-12)9-10-15-7-3-2-4-8-15/h12H,2-11H2,1H3. The van der Waals surface area contributed by atoms with Crippen LogP contribution in [0.1, 0.15) is 32.1 Å². The van der Waals surface area contributed by atoms with E-state index in [9.17, 15) is 4.79 Å². The maximum atomic E-state index is 12.0. The second-order valence-corrected chi connectivity index (χ2v) is 5.16. The van der Waals surface area contributed by atoms with Crippen LogP contribution in [-0.2, 0) is 9.53 Å². The Morgan fingerprint density at radius 3 is 2.71 bits per heavy atom. The number of carbonyl (C=O) groups is 1. The van der Waals surface area contributed by atoms with Crippen molar-refractivity contribution >= 4 is 5.91 Å². The van der Waals surface area contributed by atoms with E-state index in [1.807, 2.05) is 11.9 Å². The van der Waals surface area contributed by atoms with Gasteiger partial charge in [-0.15, -0.1) is 0 Å². The SMILES string of the molecule is CN(CCN1CCCCC1)C(=O)C1CCCO1. The average Bonchev–Trinajstić information content (AvgIpc) is 2.90. The van der Waals surface area contributed by atoms with Gasteiger partial charge in [0, 0.05) is 26.7 Å². The summed E-state index contributed by atoms with van der Waals surface area (Å²) in [6.07, 6.45) is 5.73. The fourth-order valence-corrected chi connectivity index (χ4v) is 2.60. The first kappa shape index (κ1) is 12.8. The first-order valence-electron chi connectivity index (χ1n) is 6.86. The Balaban J connectivity index is 1.68. The van der Waals surface area contributed by atoms with Crippen molar-refractivity contribution < 1.29 is 9.53 Å². The Kier molecular flexibility index (Phi) is 4.80. The molecular formula is C13H24N2O2. The molecule has 17 heavy (non-hydrogen) atoms. The largest absolute Gasteiger partial charge is 0.368 e. The number of hydrogen-bond acceptors (Lipinski definition) is 3. The molecule has 0 aromatic heterocycles. The van der Waals surface area contributed by atoms with Crippen molar-refractivity contribution in [1.82, 2.24) is 9.80 Å². The summed E-state index contributed by atoms with van der Waals surface area (Å²) in [5.41, 5.74) is 0. The number of piperidine rings is 1. The predicted molar refractivity (Wildman–Crippen MR) is 66.9 cm³/mol. The van der Waals surface area contributed by atoms with E-state index >= 15 is 0 Å². The zero-order valence-corrected chi connectivity index (χ0v) is 10.9. The second kappa shape index (κ2) is 6.36. The van der Waals surface area contributed by atoms with Gasteiger partial charge in [0.2, 0.25) is 0 Å². The monoisotopic (exact) mass is 240 g/mol. The summed E-state index contributed by atoms with van der Waals surface area (Å²) in [5.74, 6) is 0.166. The van der Waals surface area contributed by atoms with Gasteiger partial charge >= 0.3 is 0 Å². The second-order valence-electron chi connectivity index (χ2n) is 5.16. The van der Waals surface area contributed by atoms with E-state index in [1.54, 1.807) is 0 Å². The highest BCUT2D eigenvalue weighted by atomic mass is 16.5. The number of nitrogens with zero attached hydrogens (tertiary/aromatic N) is 2. The van der Waals surface area contributed by atoms with E-state index in [2.05, 4.69) is 4.90 Å². The first-order valence-corrected chi connectivity index (χ1v) is 6.86. The third kappa shape index (κ3) is 3.68. The summed E-state index contributed by atoms with van der Waals surface area (Å²) < 4.78 is 5.42. The quantitative estimate of drug-likeness (QED) is 0.738. The predicted octanol–water partition coefficient (Wildman–Crippen LogP) is 1.11. The lowest BCUT2D eigenvalue weighted by Gasteiger charge is -2.29. The molecule has 1 atom stereocenters. The van der Waals surface area contributed by atoms with Crippen LogP contribution in [0, 0.1) is 0 Å². The maximum absolute atomic E-state index is 12.0. The van der Waals surface area contributed by atoms with Gasteiger partial charge in [0.05, 0.1) is 0 Å². The summed E-state index contributed by atoms with van der Waals surface area (Å²) in [7, 11) is 1.90. The third-order valence-electron chi connectivity index (χ3n) is 3.78. The number of amides is 1. The van der Waals surface area contributed by atoms with Crippen LogP contribution in [0.25, 0.3) is 0 Å². The van der Waals surface area contributed by atoms with Gasteiger partial charge in [-0.05, 0) is 38.8 Å². The number of likely N-dealkylation sites (tertiary alicyclic amines) is 1. The van der Waals surface area contributed by atoms with Crippen LogP contribution in [0.2, 0.25) is 0 Å². The molecule has 1 unspecified atom stereocenters. The molecule has 1 amide bonds. The maximum Gasteiger partial charge on any atom is 0.251 e. The lowest BCUT2D eigenvalue weighted by Crippen LogP contribution is -2.42. The van der Waals surface area contributed by atoms with Crippen molar-refractivity contribution in [2.45, 2.75) is 38.2 Å². The third-order valence-corrected chi connectivity index (χ3v) is 3.78. The van der Waals surface area contributed by atoms with Crippen LogP contribution >= 0.6 is 0 Å². The highest BCUT2D eigenvalue weighted by Crippen LogP contribution is 2.14. The normalized spacial score (nSPS) is 26.1. The minimum Gasteiger partial charge on any atom is -0.368 e. The fraction of sp³-hybridized carbons (Fsp3) is 0.923. The van der Waals surface area contributed by atoms with E-state index in [4.69, 9.17) is 4.74 Å². The molecule has 0 saturated carbocycles. The topological polar surface area (TPSA) is 32.8 Å². The Labute approximate surface area is 104 Å². The molecule has 98 valence electrons. The summed E-state index contributed by atoms with van der Waals surface area (Å²) >= 11 is 0. The van der Waals surface area contributed by atoms with Crippen LogP contribution in [-0.4, -0.2) is 61.6 Å². The highest BCUT2D eigenvalue weighted by Gasteiger charge is 2.26. The van der Waals surface area contributed by atoms with E-state index in [1.165, 1.54) is 32.4 Å². The van der Waals surface area contributed by atoms with E-state index in [0.29, 0.717) is 0 Å². The Bertz CT molecular complexity index is 246. The molecule has 0 spiro atoms. The highest BCUT2D eigenvalue weighted by molar-refractivity contribution is 5.80. The van der Waals surface area contributed by atoms with Gasteiger partial charge in [-0.2, -0.15) is 0 Å². The van der Waals surface area contributed by atoms with Crippen LogP contribution < -0.4 is 0 Å². The molecule has 2 fully saturated rings. The molecule has 2 heterocycles. The van der Waals surface area contributed by atoms with Crippen LogP contribution in [0.4, 0.5) is 0 Å². The van der Waals surface area contributed by atoms with Crippen molar-refractivity contribution in [2.75, 3.05) is 39.8 Å². The van der Waals surface area contributed by atoms with Gasteiger partial charge in [-0.1, -0.05) is 6.42 Å². The summed E-state index contributed by atoms with van der Waals surface area (Å²) in [4.78, 5) is 16.3. The van der Waals surface area contributed by atoms with Gasteiger partial charge in [0.1, 0.15) is 6.10 Å². The molecule has 0 N–H and O–H groups in total. The molecule has 2 aliphatic heterocycles. The van der Waals surface area contributed by atoms with E-state index in [0.717, 1.165) is 32.5 Å². The molecule has 0 aromatic rings. The summed E-state index contributed by atoms with van der Waals surface area (Å²) in [5, 5.41) is 0. The molecule has 4 heteroatoms. The number of ether oxygens (including phenoxy) is 1. The van der Waals surface area contributed by atoms with Crippen molar-refractivity contribution in [3.63, 3.8) is 0 Å². The molecule has 0 bridgehead atoms. The molecule has 4 nitrogen and oxygen atoms in total. The zero-order chi connectivity index (χ0) is 12.1. The molecule has 2 aliphatic rings. The van der Waals surface area contributed by atoms with Gasteiger partial charge in [-0.3, -0.25) is 4.79 Å². The van der Waals surface area contributed by atoms with Crippen molar-refractivity contribution in [3.05, 3.63) is 0 Å². The van der Waals surface area contributed by atoms with Gasteiger partial charge in [0.25, 0.3) is 5.91 Å². The Morgan fingerprint density at radius 1 is 1.29 bits per heavy atom. The molecule has 0 aliphatic carbocycles. The summed E-state index contributed by atoms with van der Waals surface area (Å²) in [6.45, 7) is 4.98. The molecule has 0 radical (unpaired) electrons. The fourth-order valence-electron chi connectivity index (χ4n) is 2.60. The molecule has 0 aromatic carbocycles. The summed E-state index contributed by atoms with van der Waals surface area (Å²) in [6, 6.07) is 0. The van der Waals surface area contributed by atoms with Crippen molar-refractivity contribution in [3.8, 4) is 0 Å². The van der Waals surface area contributed by atoms with Crippen LogP contribution in [0.5, 0.6) is 0 Å². The number of likely N-dealkylation sites (N-methyl/N-ethyl adjacent to an activating group) is 1. The molecular weight excluding hydrogens is 216 g/mol. The lowest BCUT2D eigenvalue weighted by atomic mass is 10.1. The number of hydrogen-bond donors (Lipinski definition) is 0. The Hall–Kier alpha value is -0.610. The van der Waals surface area contributed by atoms with Gasteiger partial charge < -0.3 is 14.5 Å². The number of carbonyl (C=O) groups excluding carboxylic acids is 1. The van der Waals surface area contributed by atoms with Crippen LogP contribution in [0.3, 0.4) is 0 Å². The zero-order valence-electron chi connectivity index (χ0n) is 10.9.